The van der Waals surface area contributed by atoms with Gasteiger partial charge >= 0.3 is 0 Å². The van der Waals surface area contributed by atoms with Crippen molar-refractivity contribution in [3.05, 3.63) is 53.9 Å². The Morgan fingerprint density at radius 3 is 2.67 bits per heavy atom. The SMILES string of the molecule is CCCn1cc(C(NN)C2(c3ccccc3)CCC2)cn1. The number of aromatic nitrogens is 2. The average molecular weight is 284 g/mol. The molecular weight excluding hydrogens is 260 g/mol. The van der Waals surface area contributed by atoms with Crippen molar-refractivity contribution >= 4 is 0 Å². The smallest absolute Gasteiger partial charge is 0.0587 e. The van der Waals surface area contributed by atoms with Crippen molar-refractivity contribution in [1.82, 2.24) is 15.2 Å². The molecule has 1 aliphatic carbocycles. The number of nitrogens with two attached hydrogens (primary N) is 1. The van der Waals surface area contributed by atoms with Crippen molar-refractivity contribution in [2.24, 2.45) is 5.84 Å². The highest BCUT2D eigenvalue weighted by Gasteiger charge is 2.46. The summed E-state index contributed by atoms with van der Waals surface area (Å²) in [6.45, 7) is 3.12. The third kappa shape index (κ3) is 2.49. The Morgan fingerprint density at radius 1 is 1.33 bits per heavy atom. The minimum atomic E-state index is 0.107. The Bertz CT molecular complexity index is 571. The molecule has 4 nitrogen and oxygen atoms in total. The lowest BCUT2D eigenvalue weighted by molar-refractivity contribution is 0.170. The Hall–Kier alpha value is -1.65. The summed E-state index contributed by atoms with van der Waals surface area (Å²) in [6.07, 6.45) is 8.79. The van der Waals surface area contributed by atoms with Crippen LogP contribution in [0.3, 0.4) is 0 Å². The number of nitrogens with one attached hydrogen (secondary N) is 1. The Kier molecular flexibility index (Phi) is 4.08. The fraction of sp³-hybridized carbons (Fsp3) is 0.471. The van der Waals surface area contributed by atoms with Gasteiger partial charge in [0.15, 0.2) is 0 Å². The van der Waals surface area contributed by atoms with Crippen molar-refractivity contribution < 1.29 is 0 Å². The first-order valence-electron chi connectivity index (χ1n) is 7.84. The average Bonchev–Trinajstić information content (AvgIpc) is 2.92. The van der Waals surface area contributed by atoms with Crippen LogP contribution in [0.5, 0.6) is 0 Å². The van der Waals surface area contributed by atoms with E-state index < -0.39 is 0 Å². The molecular formula is C17H24N4. The van der Waals surface area contributed by atoms with Crippen LogP contribution in [0, 0.1) is 0 Å². The summed E-state index contributed by atoms with van der Waals surface area (Å²) in [5, 5.41) is 4.46. The molecule has 1 atom stereocenters. The van der Waals surface area contributed by atoms with Crippen molar-refractivity contribution in [2.75, 3.05) is 0 Å². The van der Waals surface area contributed by atoms with Crippen molar-refractivity contribution in [3.8, 4) is 0 Å². The van der Waals surface area contributed by atoms with Crippen LogP contribution in [0.15, 0.2) is 42.7 Å². The summed E-state index contributed by atoms with van der Waals surface area (Å²) < 4.78 is 2.01. The minimum Gasteiger partial charge on any atom is -0.272 e. The van der Waals surface area contributed by atoms with Gasteiger partial charge in [0.1, 0.15) is 0 Å². The summed E-state index contributed by atoms with van der Waals surface area (Å²) >= 11 is 0. The summed E-state index contributed by atoms with van der Waals surface area (Å²) in [7, 11) is 0. The van der Waals surface area contributed by atoms with Gasteiger partial charge in [-0.05, 0) is 24.8 Å². The van der Waals surface area contributed by atoms with Crippen molar-refractivity contribution in [3.63, 3.8) is 0 Å². The fourth-order valence-electron chi connectivity index (χ4n) is 3.53. The first kappa shape index (κ1) is 14.3. The first-order chi connectivity index (χ1) is 10.3. The highest BCUT2D eigenvalue weighted by atomic mass is 15.3. The zero-order valence-electron chi connectivity index (χ0n) is 12.6. The molecule has 1 saturated carbocycles. The first-order valence-corrected chi connectivity index (χ1v) is 7.84. The molecule has 0 spiro atoms. The zero-order valence-corrected chi connectivity index (χ0v) is 12.6. The third-order valence-corrected chi connectivity index (χ3v) is 4.75. The van der Waals surface area contributed by atoms with Crippen LogP contribution >= 0.6 is 0 Å². The highest BCUT2D eigenvalue weighted by Crippen LogP contribution is 2.51. The highest BCUT2D eigenvalue weighted by molar-refractivity contribution is 5.34. The van der Waals surface area contributed by atoms with Gasteiger partial charge in [-0.3, -0.25) is 16.0 Å². The van der Waals surface area contributed by atoms with E-state index in [1.54, 1.807) is 0 Å². The maximum Gasteiger partial charge on any atom is 0.0587 e. The monoisotopic (exact) mass is 284 g/mol. The molecule has 1 aromatic heterocycles. The van der Waals surface area contributed by atoms with E-state index in [4.69, 9.17) is 5.84 Å². The molecule has 0 saturated heterocycles. The summed E-state index contributed by atoms with van der Waals surface area (Å²) in [4.78, 5) is 0. The summed E-state index contributed by atoms with van der Waals surface area (Å²) in [5.74, 6) is 5.93. The molecule has 0 radical (unpaired) electrons. The molecule has 21 heavy (non-hydrogen) atoms. The normalized spacial score (nSPS) is 18.2. The molecule has 112 valence electrons. The third-order valence-electron chi connectivity index (χ3n) is 4.75. The van der Waals surface area contributed by atoms with Gasteiger partial charge in [-0.15, -0.1) is 0 Å². The molecule has 3 N–H and O–H groups in total. The standard InChI is InChI=1S/C17H24N4/c1-2-11-21-13-14(12-19-21)16(20-18)17(9-6-10-17)15-7-4-3-5-8-15/h3-5,7-8,12-13,16,20H,2,6,9-11,18H2,1H3. The van der Waals surface area contributed by atoms with E-state index in [-0.39, 0.29) is 11.5 Å². The van der Waals surface area contributed by atoms with Crippen molar-refractivity contribution in [1.29, 1.82) is 0 Å². The second kappa shape index (κ2) is 6.00. The molecule has 1 aromatic carbocycles. The largest absolute Gasteiger partial charge is 0.272 e. The fourth-order valence-corrected chi connectivity index (χ4v) is 3.53. The second-order valence-corrected chi connectivity index (χ2v) is 6.01. The van der Waals surface area contributed by atoms with Gasteiger partial charge in [0, 0.05) is 23.7 Å². The van der Waals surface area contributed by atoms with E-state index in [0.29, 0.717) is 0 Å². The van der Waals surface area contributed by atoms with E-state index in [0.717, 1.165) is 13.0 Å². The summed E-state index contributed by atoms with van der Waals surface area (Å²) in [6, 6.07) is 10.9. The van der Waals surface area contributed by atoms with Gasteiger partial charge in [0.2, 0.25) is 0 Å². The predicted octanol–water partition coefficient (Wildman–Crippen LogP) is 2.92. The number of hydrogen-bond donors (Lipinski definition) is 2. The van der Waals surface area contributed by atoms with Gasteiger partial charge in [0.05, 0.1) is 12.2 Å². The molecule has 0 amide bonds. The molecule has 1 unspecified atom stereocenters. The molecule has 1 fully saturated rings. The van der Waals surface area contributed by atoms with E-state index in [9.17, 15) is 0 Å². The molecule has 2 aromatic rings. The number of nitrogens with zero attached hydrogens (tertiary/aromatic N) is 2. The van der Waals surface area contributed by atoms with Crippen LogP contribution < -0.4 is 11.3 Å². The maximum absolute atomic E-state index is 5.93. The van der Waals surface area contributed by atoms with E-state index in [1.165, 1.54) is 30.4 Å². The van der Waals surface area contributed by atoms with E-state index in [2.05, 4.69) is 54.0 Å². The number of hydrogen-bond acceptors (Lipinski definition) is 3. The minimum absolute atomic E-state index is 0.107. The molecule has 3 rings (SSSR count). The number of aryl methyl sites for hydroxylation is 1. The maximum atomic E-state index is 5.93. The van der Waals surface area contributed by atoms with Gasteiger partial charge < -0.3 is 0 Å². The number of hydrazine groups is 1. The Morgan fingerprint density at radius 2 is 2.10 bits per heavy atom. The van der Waals surface area contributed by atoms with Crippen LogP contribution in [0.1, 0.15) is 49.8 Å². The lowest BCUT2D eigenvalue weighted by Gasteiger charge is -2.48. The van der Waals surface area contributed by atoms with Crippen LogP contribution in [-0.2, 0) is 12.0 Å². The molecule has 1 heterocycles. The quantitative estimate of drug-likeness (QED) is 0.633. The van der Waals surface area contributed by atoms with Crippen LogP contribution in [0.4, 0.5) is 0 Å². The van der Waals surface area contributed by atoms with Crippen LogP contribution in [-0.4, -0.2) is 9.78 Å². The van der Waals surface area contributed by atoms with Gasteiger partial charge in [0.25, 0.3) is 0 Å². The van der Waals surface area contributed by atoms with E-state index in [1.807, 2.05) is 10.9 Å². The molecule has 0 bridgehead atoms. The second-order valence-electron chi connectivity index (χ2n) is 6.01. The lowest BCUT2D eigenvalue weighted by Crippen LogP contribution is -2.48. The van der Waals surface area contributed by atoms with Crippen molar-refractivity contribution in [2.45, 2.75) is 50.6 Å². The number of benzene rings is 1. The molecule has 0 aliphatic heterocycles. The Labute approximate surface area is 126 Å². The van der Waals surface area contributed by atoms with Gasteiger partial charge in [-0.25, -0.2) is 0 Å². The lowest BCUT2D eigenvalue weighted by atomic mass is 9.59. The van der Waals surface area contributed by atoms with Crippen LogP contribution in [0.25, 0.3) is 0 Å². The molecule has 1 aliphatic rings. The Balaban J connectivity index is 1.93. The topological polar surface area (TPSA) is 55.9 Å². The van der Waals surface area contributed by atoms with Gasteiger partial charge in [-0.2, -0.15) is 5.10 Å². The zero-order chi connectivity index (χ0) is 14.7. The van der Waals surface area contributed by atoms with E-state index >= 15 is 0 Å². The predicted molar refractivity (Wildman–Crippen MR) is 84.6 cm³/mol. The van der Waals surface area contributed by atoms with Crippen LogP contribution in [0.2, 0.25) is 0 Å². The molecule has 4 heteroatoms. The number of rotatable bonds is 6. The summed E-state index contributed by atoms with van der Waals surface area (Å²) in [5.41, 5.74) is 5.74. The van der Waals surface area contributed by atoms with Gasteiger partial charge in [-0.1, -0.05) is 43.7 Å².